The van der Waals surface area contributed by atoms with Crippen LogP contribution in [0.4, 0.5) is 0 Å². The van der Waals surface area contributed by atoms with Crippen LogP contribution in [-0.2, 0) is 33.3 Å². The van der Waals surface area contributed by atoms with Crippen LogP contribution < -0.4 is 0 Å². The molecule has 0 unspecified atom stereocenters. The molecule has 4 fully saturated rings. The number of carbonyl (C=O) groups is 2. The first-order valence-corrected chi connectivity index (χ1v) is 13.5. The number of aliphatic hydroxyl groups excluding tert-OH is 2. The third-order valence-corrected chi connectivity index (χ3v) is 10.1. The summed E-state index contributed by atoms with van der Waals surface area (Å²) in [4.78, 5) is 26.2. The Morgan fingerprint density at radius 2 is 1.87 bits per heavy atom. The standard InChI is InChI=1S/C29H36O9/c1-17-7-10-27-15-34-24(32)13-19-8-11-35-28(18(2)30,25(19)33)9-5-4-6-23(31)38-20-14-22(37-21(27)12-17)29(16-36-29)26(20,27)3/h4-6,9,12-13,18,20-22,25,30,33H,7-8,10-11,14-16H2,1-3H3/b6-4-,9-5-,19-13-/t18-,20+,21+,22+,25+,26+,27+,28+,29+/m0/s1. The molecule has 206 valence electrons. The van der Waals surface area contributed by atoms with Gasteiger partial charge in [0.1, 0.15) is 30.0 Å². The Kier molecular flexibility index (Phi) is 6.05. The van der Waals surface area contributed by atoms with E-state index in [1.807, 2.05) is 0 Å². The van der Waals surface area contributed by atoms with Crippen molar-refractivity contribution in [1.82, 2.24) is 0 Å². The second-order valence-electron chi connectivity index (χ2n) is 11.8. The van der Waals surface area contributed by atoms with Gasteiger partial charge in [0.2, 0.25) is 0 Å². The summed E-state index contributed by atoms with van der Waals surface area (Å²) in [5, 5.41) is 21.7. The van der Waals surface area contributed by atoms with Gasteiger partial charge in [0, 0.05) is 24.0 Å². The van der Waals surface area contributed by atoms with Gasteiger partial charge in [-0.15, -0.1) is 0 Å². The highest BCUT2D eigenvalue weighted by molar-refractivity contribution is 5.83. The number of carbonyl (C=O) groups excluding carboxylic acids is 2. The third kappa shape index (κ3) is 3.48. The van der Waals surface area contributed by atoms with E-state index in [2.05, 4.69) is 19.9 Å². The predicted octanol–water partition coefficient (Wildman–Crippen LogP) is 2.07. The van der Waals surface area contributed by atoms with Gasteiger partial charge in [0.15, 0.2) is 0 Å². The van der Waals surface area contributed by atoms with E-state index in [0.717, 1.165) is 6.42 Å². The number of hydrogen-bond donors (Lipinski definition) is 2. The Morgan fingerprint density at radius 3 is 2.61 bits per heavy atom. The Bertz CT molecular complexity index is 1150. The number of rotatable bonds is 1. The minimum atomic E-state index is -1.47. The van der Waals surface area contributed by atoms with E-state index in [1.165, 1.54) is 36.8 Å². The highest BCUT2D eigenvalue weighted by Crippen LogP contribution is 2.72. The minimum absolute atomic E-state index is 0.0519. The summed E-state index contributed by atoms with van der Waals surface area (Å²) < 4.78 is 30.6. The van der Waals surface area contributed by atoms with Crippen molar-refractivity contribution in [2.24, 2.45) is 10.8 Å². The maximum Gasteiger partial charge on any atom is 0.331 e. The van der Waals surface area contributed by atoms with E-state index in [4.69, 9.17) is 23.7 Å². The van der Waals surface area contributed by atoms with Crippen molar-refractivity contribution < 1.29 is 43.5 Å². The van der Waals surface area contributed by atoms with E-state index in [-0.39, 0.29) is 25.4 Å². The van der Waals surface area contributed by atoms with E-state index >= 15 is 0 Å². The zero-order chi connectivity index (χ0) is 26.9. The van der Waals surface area contributed by atoms with Crippen LogP contribution in [0, 0.1) is 10.8 Å². The molecule has 3 saturated heterocycles. The van der Waals surface area contributed by atoms with Gasteiger partial charge in [-0.3, -0.25) is 0 Å². The average Bonchev–Trinajstić information content (AvgIpc) is 3.65. The highest BCUT2D eigenvalue weighted by Gasteiger charge is 2.83. The molecule has 4 heterocycles. The maximum absolute atomic E-state index is 13.2. The summed E-state index contributed by atoms with van der Waals surface area (Å²) in [6.07, 6.45) is 8.21. The number of aliphatic hydroxyl groups is 2. The molecule has 0 aromatic carbocycles. The number of allylic oxidation sites excluding steroid dienone is 3. The zero-order valence-electron chi connectivity index (χ0n) is 22.1. The third-order valence-electron chi connectivity index (χ3n) is 10.1. The summed E-state index contributed by atoms with van der Waals surface area (Å²) in [6.45, 7) is 6.43. The maximum atomic E-state index is 13.2. The molecular weight excluding hydrogens is 492 g/mol. The lowest BCUT2D eigenvalue weighted by Crippen LogP contribution is -2.66. The molecule has 2 aliphatic carbocycles. The van der Waals surface area contributed by atoms with Crippen LogP contribution in [0.15, 0.2) is 47.6 Å². The van der Waals surface area contributed by atoms with Crippen molar-refractivity contribution in [1.29, 1.82) is 0 Å². The first kappa shape index (κ1) is 26.0. The van der Waals surface area contributed by atoms with Gasteiger partial charge in [-0.2, -0.15) is 0 Å². The van der Waals surface area contributed by atoms with Gasteiger partial charge in [-0.1, -0.05) is 30.7 Å². The summed E-state index contributed by atoms with van der Waals surface area (Å²) in [5.41, 5.74) is -1.76. The van der Waals surface area contributed by atoms with Gasteiger partial charge >= 0.3 is 11.9 Å². The molecule has 6 aliphatic rings. The SMILES string of the molecule is CC1=C[C@H]2O[C@@H]3C[C@H]4OC(=O)/C=C\C=C/[C@]5([C@H](C)O)OCC/C(=C/C(=O)OC[C@@]2(CC1)[C@]4(C)[C@@]31CO1)[C@H]5O. The second-order valence-corrected chi connectivity index (χ2v) is 11.8. The molecule has 4 bridgehead atoms. The molecule has 9 atom stereocenters. The fourth-order valence-electron chi connectivity index (χ4n) is 7.68. The zero-order valence-corrected chi connectivity index (χ0v) is 22.1. The Hall–Kier alpha value is -2.30. The molecule has 4 aliphatic heterocycles. The average molecular weight is 529 g/mol. The summed E-state index contributed by atoms with van der Waals surface area (Å²) in [7, 11) is 0. The Morgan fingerprint density at radius 1 is 1.08 bits per heavy atom. The van der Waals surface area contributed by atoms with Crippen molar-refractivity contribution >= 4 is 11.9 Å². The number of epoxide rings is 1. The molecule has 2 spiro atoms. The summed E-state index contributed by atoms with van der Waals surface area (Å²) in [5.74, 6) is -1.10. The normalized spacial score (nSPS) is 50.0. The Labute approximate surface area is 222 Å². The topological polar surface area (TPSA) is 124 Å². The first-order valence-electron chi connectivity index (χ1n) is 13.5. The molecule has 2 N–H and O–H groups in total. The van der Waals surface area contributed by atoms with Crippen molar-refractivity contribution in [2.75, 3.05) is 19.8 Å². The number of cyclic esters (lactones) is 1. The monoisotopic (exact) mass is 528 g/mol. The van der Waals surface area contributed by atoms with Gasteiger partial charge in [-0.05, 0) is 44.8 Å². The van der Waals surface area contributed by atoms with E-state index in [9.17, 15) is 19.8 Å². The van der Waals surface area contributed by atoms with Crippen LogP contribution in [-0.4, -0.2) is 83.7 Å². The number of fused-ring (bicyclic) bond motifs is 2. The van der Waals surface area contributed by atoms with Crippen LogP contribution >= 0.6 is 0 Å². The lowest BCUT2D eigenvalue weighted by molar-refractivity contribution is -0.232. The van der Waals surface area contributed by atoms with Gasteiger partial charge < -0.3 is 33.9 Å². The van der Waals surface area contributed by atoms with E-state index < -0.39 is 52.3 Å². The van der Waals surface area contributed by atoms with Crippen molar-refractivity contribution in [3.8, 4) is 0 Å². The summed E-state index contributed by atoms with van der Waals surface area (Å²) in [6, 6.07) is 0. The van der Waals surface area contributed by atoms with Crippen LogP contribution in [0.1, 0.15) is 46.5 Å². The summed E-state index contributed by atoms with van der Waals surface area (Å²) >= 11 is 0. The van der Waals surface area contributed by atoms with Crippen molar-refractivity contribution in [3.63, 3.8) is 0 Å². The van der Waals surface area contributed by atoms with Crippen LogP contribution in [0.2, 0.25) is 0 Å². The number of esters is 2. The molecule has 38 heavy (non-hydrogen) atoms. The molecule has 1 saturated carbocycles. The molecule has 0 radical (unpaired) electrons. The molecule has 6 rings (SSSR count). The molecular formula is C29H36O9. The smallest absolute Gasteiger partial charge is 0.331 e. The quantitative estimate of drug-likeness (QED) is 0.299. The lowest BCUT2D eigenvalue weighted by atomic mass is 9.51. The molecule has 9 nitrogen and oxygen atoms in total. The van der Waals surface area contributed by atoms with Crippen LogP contribution in [0.25, 0.3) is 0 Å². The van der Waals surface area contributed by atoms with Crippen molar-refractivity contribution in [2.45, 2.75) is 88.2 Å². The fourth-order valence-corrected chi connectivity index (χ4v) is 7.68. The molecule has 9 heteroatoms. The van der Waals surface area contributed by atoms with Gasteiger partial charge in [0.25, 0.3) is 0 Å². The largest absolute Gasteiger partial charge is 0.462 e. The van der Waals surface area contributed by atoms with Gasteiger partial charge in [0.05, 0.1) is 36.9 Å². The fraction of sp³-hybridized carbons (Fsp3) is 0.655. The van der Waals surface area contributed by atoms with E-state index in [0.29, 0.717) is 31.4 Å². The van der Waals surface area contributed by atoms with Crippen LogP contribution in [0.3, 0.4) is 0 Å². The Balaban J connectivity index is 1.44. The number of hydrogen-bond acceptors (Lipinski definition) is 9. The van der Waals surface area contributed by atoms with Gasteiger partial charge in [-0.25, -0.2) is 9.59 Å². The predicted molar refractivity (Wildman–Crippen MR) is 134 cm³/mol. The minimum Gasteiger partial charge on any atom is -0.462 e. The van der Waals surface area contributed by atoms with Crippen LogP contribution in [0.5, 0.6) is 0 Å². The molecule has 0 aromatic rings. The first-order chi connectivity index (χ1) is 18.1. The highest BCUT2D eigenvalue weighted by atomic mass is 16.6. The van der Waals surface area contributed by atoms with E-state index in [1.54, 1.807) is 6.08 Å². The number of ether oxygens (including phenoxy) is 5. The van der Waals surface area contributed by atoms with Crippen molar-refractivity contribution in [3.05, 3.63) is 47.6 Å². The molecule has 0 aromatic heterocycles. The lowest BCUT2D eigenvalue weighted by Gasteiger charge is -2.58. The second kappa shape index (κ2) is 8.86. The molecule has 0 amide bonds.